The van der Waals surface area contributed by atoms with Gasteiger partial charge in [0.15, 0.2) is 0 Å². The Balaban J connectivity index is 2.01. The quantitative estimate of drug-likeness (QED) is 0.592. The summed E-state index contributed by atoms with van der Waals surface area (Å²) in [4.78, 5) is 25.8. The number of amides is 2. The van der Waals surface area contributed by atoms with Crippen LogP contribution in [0.5, 0.6) is 5.75 Å². The van der Waals surface area contributed by atoms with Crippen molar-refractivity contribution in [2.75, 3.05) is 18.1 Å². The number of nitrogens with one attached hydrogen (secondary N) is 1. The standard InChI is InChI=1S/C17H24N2O3/c1-3-5-10-18-15-12-16(20)19(17(15)21)13-6-8-14(9-7-13)22-11-4-2/h6-9,15,18H,3-5,10-12H2,1-2H3/t15-/m0/s1. The summed E-state index contributed by atoms with van der Waals surface area (Å²) in [5.74, 6) is 0.437. The number of carbonyl (C=O) groups excluding carboxylic acids is 2. The first kappa shape index (κ1) is 16.5. The van der Waals surface area contributed by atoms with E-state index >= 15 is 0 Å². The topological polar surface area (TPSA) is 58.6 Å². The van der Waals surface area contributed by atoms with Crippen LogP contribution in [0, 0.1) is 0 Å². The highest BCUT2D eigenvalue weighted by Gasteiger charge is 2.39. The van der Waals surface area contributed by atoms with Crippen LogP contribution in [0.15, 0.2) is 24.3 Å². The number of hydrogen-bond donors (Lipinski definition) is 1. The van der Waals surface area contributed by atoms with Crippen molar-refractivity contribution in [2.24, 2.45) is 0 Å². The van der Waals surface area contributed by atoms with E-state index in [0.29, 0.717) is 12.3 Å². The van der Waals surface area contributed by atoms with Crippen LogP contribution in [0.4, 0.5) is 5.69 Å². The third-order valence-electron chi connectivity index (χ3n) is 3.64. The summed E-state index contributed by atoms with van der Waals surface area (Å²) in [6.07, 6.45) is 3.23. The van der Waals surface area contributed by atoms with Crippen LogP contribution in [0.25, 0.3) is 0 Å². The molecule has 0 radical (unpaired) electrons. The third kappa shape index (κ3) is 3.85. The number of imide groups is 1. The number of anilines is 1. The summed E-state index contributed by atoms with van der Waals surface area (Å²) in [5.41, 5.74) is 0.610. The lowest BCUT2D eigenvalue weighted by molar-refractivity contribution is -0.121. The molecule has 1 atom stereocenters. The van der Waals surface area contributed by atoms with E-state index in [9.17, 15) is 9.59 Å². The van der Waals surface area contributed by atoms with Gasteiger partial charge in [-0.1, -0.05) is 20.3 Å². The van der Waals surface area contributed by atoms with Crippen molar-refractivity contribution < 1.29 is 14.3 Å². The van der Waals surface area contributed by atoms with Crippen LogP contribution in [0.3, 0.4) is 0 Å². The molecule has 0 bridgehead atoms. The van der Waals surface area contributed by atoms with E-state index in [2.05, 4.69) is 12.2 Å². The monoisotopic (exact) mass is 304 g/mol. The van der Waals surface area contributed by atoms with E-state index in [1.165, 1.54) is 4.90 Å². The molecule has 22 heavy (non-hydrogen) atoms. The molecule has 0 aliphatic carbocycles. The van der Waals surface area contributed by atoms with Crippen molar-refractivity contribution in [3.63, 3.8) is 0 Å². The van der Waals surface area contributed by atoms with E-state index in [1.54, 1.807) is 24.3 Å². The molecule has 1 N–H and O–H groups in total. The number of carbonyl (C=O) groups is 2. The Morgan fingerprint density at radius 3 is 2.55 bits per heavy atom. The van der Waals surface area contributed by atoms with E-state index < -0.39 is 6.04 Å². The van der Waals surface area contributed by atoms with Gasteiger partial charge in [0.05, 0.1) is 24.8 Å². The van der Waals surface area contributed by atoms with Gasteiger partial charge in [0.2, 0.25) is 5.91 Å². The second kappa shape index (κ2) is 7.94. The van der Waals surface area contributed by atoms with Crippen LogP contribution in [-0.2, 0) is 9.59 Å². The van der Waals surface area contributed by atoms with Crippen LogP contribution in [0.2, 0.25) is 0 Å². The van der Waals surface area contributed by atoms with E-state index in [4.69, 9.17) is 4.74 Å². The molecule has 2 rings (SSSR count). The summed E-state index contributed by atoms with van der Waals surface area (Å²) in [5, 5.41) is 3.16. The number of rotatable bonds is 8. The molecule has 1 aromatic rings. The number of nitrogens with zero attached hydrogens (tertiary/aromatic N) is 1. The lowest BCUT2D eigenvalue weighted by Gasteiger charge is -2.16. The first-order chi connectivity index (χ1) is 10.7. The van der Waals surface area contributed by atoms with Crippen LogP contribution in [0.1, 0.15) is 39.5 Å². The average Bonchev–Trinajstić information content (AvgIpc) is 2.80. The lowest BCUT2D eigenvalue weighted by atomic mass is 10.2. The molecule has 0 aromatic heterocycles. The molecular formula is C17H24N2O3. The summed E-state index contributed by atoms with van der Waals surface area (Å²) < 4.78 is 5.51. The predicted octanol–water partition coefficient (Wildman–Crippen LogP) is 2.50. The smallest absolute Gasteiger partial charge is 0.251 e. The highest BCUT2D eigenvalue weighted by Crippen LogP contribution is 2.25. The van der Waals surface area contributed by atoms with Crippen molar-refractivity contribution in [1.82, 2.24) is 5.32 Å². The molecule has 1 aliphatic heterocycles. The number of unbranched alkanes of at least 4 members (excludes halogenated alkanes) is 1. The Bertz CT molecular complexity index is 513. The Hall–Kier alpha value is -1.88. The molecule has 0 spiro atoms. The lowest BCUT2D eigenvalue weighted by Crippen LogP contribution is -2.39. The maximum absolute atomic E-state index is 12.4. The van der Waals surface area contributed by atoms with Crippen molar-refractivity contribution in [2.45, 2.75) is 45.6 Å². The van der Waals surface area contributed by atoms with Gasteiger partial charge >= 0.3 is 0 Å². The Morgan fingerprint density at radius 2 is 1.91 bits per heavy atom. The molecule has 5 heteroatoms. The Labute approximate surface area is 131 Å². The van der Waals surface area contributed by atoms with Crippen LogP contribution in [-0.4, -0.2) is 31.0 Å². The largest absolute Gasteiger partial charge is 0.494 e. The van der Waals surface area contributed by atoms with Gasteiger partial charge in [0.1, 0.15) is 5.75 Å². The summed E-state index contributed by atoms with van der Waals surface area (Å²) in [7, 11) is 0. The predicted molar refractivity (Wildman–Crippen MR) is 86.0 cm³/mol. The molecule has 1 aromatic carbocycles. The van der Waals surface area contributed by atoms with Crippen molar-refractivity contribution in [3.8, 4) is 5.75 Å². The van der Waals surface area contributed by atoms with Crippen LogP contribution >= 0.6 is 0 Å². The zero-order valence-corrected chi connectivity index (χ0v) is 13.3. The van der Waals surface area contributed by atoms with E-state index in [0.717, 1.165) is 31.6 Å². The fourth-order valence-electron chi connectivity index (χ4n) is 2.43. The summed E-state index contributed by atoms with van der Waals surface area (Å²) in [6, 6.07) is 6.71. The zero-order chi connectivity index (χ0) is 15.9. The van der Waals surface area contributed by atoms with E-state index in [-0.39, 0.29) is 18.2 Å². The van der Waals surface area contributed by atoms with Gasteiger partial charge in [-0.05, 0) is 43.7 Å². The maximum atomic E-state index is 12.4. The molecular weight excluding hydrogens is 280 g/mol. The molecule has 0 saturated carbocycles. The Kier molecular flexibility index (Phi) is 5.95. The van der Waals surface area contributed by atoms with Crippen molar-refractivity contribution in [3.05, 3.63) is 24.3 Å². The van der Waals surface area contributed by atoms with Crippen molar-refractivity contribution >= 4 is 17.5 Å². The third-order valence-corrected chi connectivity index (χ3v) is 3.64. The fraction of sp³-hybridized carbons (Fsp3) is 0.529. The highest BCUT2D eigenvalue weighted by molar-refractivity contribution is 6.22. The minimum atomic E-state index is -0.393. The van der Waals surface area contributed by atoms with Gasteiger partial charge in [-0.2, -0.15) is 0 Å². The summed E-state index contributed by atoms with van der Waals surface area (Å²) >= 11 is 0. The van der Waals surface area contributed by atoms with Crippen LogP contribution < -0.4 is 15.0 Å². The van der Waals surface area contributed by atoms with Gasteiger partial charge in [0, 0.05) is 0 Å². The molecule has 1 saturated heterocycles. The number of benzene rings is 1. The second-order valence-corrected chi connectivity index (χ2v) is 5.47. The molecule has 120 valence electrons. The SMILES string of the molecule is CCCCN[C@H]1CC(=O)N(c2ccc(OCCC)cc2)C1=O. The minimum Gasteiger partial charge on any atom is -0.494 e. The first-order valence-electron chi connectivity index (χ1n) is 8.00. The molecule has 1 fully saturated rings. The van der Waals surface area contributed by atoms with E-state index in [1.807, 2.05) is 6.92 Å². The molecule has 5 nitrogen and oxygen atoms in total. The van der Waals surface area contributed by atoms with Crippen molar-refractivity contribution in [1.29, 1.82) is 0 Å². The molecule has 2 amide bonds. The number of ether oxygens (including phenoxy) is 1. The molecule has 1 heterocycles. The normalized spacial score (nSPS) is 18.1. The Morgan fingerprint density at radius 1 is 1.18 bits per heavy atom. The highest BCUT2D eigenvalue weighted by atomic mass is 16.5. The molecule has 1 aliphatic rings. The fourth-order valence-corrected chi connectivity index (χ4v) is 2.43. The van der Waals surface area contributed by atoms with Gasteiger partial charge < -0.3 is 10.1 Å². The maximum Gasteiger partial charge on any atom is 0.251 e. The zero-order valence-electron chi connectivity index (χ0n) is 13.3. The first-order valence-corrected chi connectivity index (χ1v) is 8.00. The van der Waals surface area contributed by atoms with Gasteiger partial charge in [-0.3, -0.25) is 9.59 Å². The second-order valence-electron chi connectivity index (χ2n) is 5.47. The molecule has 0 unspecified atom stereocenters. The summed E-state index contributed by atoms with van der Waals surface area (Å²) in [6.45, 7) is 5.56. The average molecular weight is 304 g/mol. The number of hydrogen-bond acceptors (Lipinski definition) is 4. The van der Waals surface area contributed by atoms with Gasteiger partial charge in [-0.25, -0.2) is 4.90 Å². The van der Waals surface area contributed by atoms with Gasteiger partial charge in [0.25, 0.3) is 5.91 Å². The van der Waals surface area contributed by atoms with Gasteiger partial charge in [-0.15, -0.1) is 0 Å². The minimum absolute atomic E-state index is 0.152.